The smallest absolute Gasteiger partial charge is 0.337 e. The Hall–Kier alpha value is -2.07. The molecule has 1 aromatic heterocycles. The monoisotopic (exact) mass is 284 g/mol. The van der Waals surface area contributed by atoms with Crippen molar-refractivity contribution in [3.8, 4) is 0 Å². The van der Waals surface area contributed by atoms with E-state index in [0.717, 1.165) is 24.9 Å². The van der Waals surface area contributed by atoms with Gasteiger partial charge in [-0.05, 0) is 48.1 Å². The van der Waals surface area contributed by atoms with Crippen LogP contribution in [0.4, 0.5) is 0 Å². The molecule has 1 unspecified atom stereocenters. The van der Waals surface area contributed by atoms with E-state index in [9.17, 15) is 4.79 Å². The average molecular weight is 284 g/mol. The number of hydrogen-bond donors (Lipinski definition) is 1. The van der Waals surface area contributed by atoms with Crippen molar-refractivity contribution in [1.29, 1.82) is 0 Å². The molecule has 0 spiro atoms. The molecule has 0 fully saturated rings. The highest BCUT2D eigenvalue weighted by atomic mass is 16.5. The number of esters is 1. The van der Waals surface area contributed by atoms with Crippen molar-refractivity contribution < 1.29 is 9.53 Å². The lowest BCUT2D eigenvalue weighted by Gasteiger charge is -2.17. The Morgan fingerprint density at radius 1 is 1.33 bits per heavy atom. The summed E-state index contributed by atoms with van der Waals surface area (Å²) in [4.78, 5) is 11.4. The average Bonchev–Trinajstić information content (AvgIpc) is 2.91. The number of aromatic nitrogens is 1. The van der Waals surface area contributed by atoms with Gasteiger partial charge < -0.3 is 15.0 Å². The van der Waals surface area contributed by atoms with Gasteiger partial charge in [-0.3, -0.25) is 0 Å². The van der Waals surface area contributed by atoms with E-state index in [1.807, 2.05) is 12.1 Å². The summed E-state index contributed by atoms with van der Waals surface area (Å²) in [5, 5.41) is 0. The maximum absolute atomic E-state index is 11.4. The van der Waals surface area contributed by atoms with E-state index < -0.39 is 0 Å². The number of nitrogens with two attached hydrogens (primary N) is 1. The molecule has 2 N–H and O–H groups in total. The number of methoxy groups -OCH3 is 1. The van der Waals surface area contributed by atoms with Crippen LogP contribution in [0, 0.1) is 0 Å². The topological polar surface area (TPSA) is 57.2 Å². The summed E-state index contributed by atoms with van der Waals surface area (Å²) in [6.45, 7) is 0.793. The molecule has 2 aromatic rings. The normalized spacial score (nSPS) is 17.3. The molecule has 0 saturated carbocycles. The van der Waals surface area contributed by atoms with Crippen LogP contribution in [-0.2, 0) is 17.7 Å². The molecule has 4 heteroatoms. The van der Waals surface area contributed by atoms with Crippen molar-refractivity contribution in [2.75, 3.05) is 7.11 Å². The second-order valence-electron chi connectivity index (χ2n) is 5.60. The number of benzene rings is 1. The Balaban J connectivity index is 1.76. The Bertz CT molecular complexity index is 643. The van der Waals surface area contributed by atoms with Crippen LogP contribution in [0.2, 0.25) is 0 Å². The van der Waals surface area contributed by atoms with Crippen LogP contribution in [0.15, 0.2) is 36.7 Å². The predicted molar refractivity (Wildman–Crippen MR) is 81.2 cm³/mol. The molecule has 0 bridgehead atoms. The van der Waals surface area contributed by atoms with E-state index in [4.69, 9.17) is 10.5 Å². The number of carbonyl (C=O) groups is 1. The minimum atomic E-state index is -0.302. The van der Waals surface area contributed by atoms with Crippen molar-refractivity contribution in [2.24, 2.45) is 5.73 Å². The van der Waals surface area contributed by atoms with Crippen molar-refractivity contribution >= 4 is 5.97 Å². The third-order valence-electron chi connectivity index (χ3n) is 4.10. The molecule has 1 heterocycles. The molecular weight excluding hydrogens is 264 g/mol. The summed E-state index contributed by atoms with van der Waals surface area (Å²) in [6, 6.07) is 7.71. The van der Waals surface area contributed by atoms with Gasteiger partial charge in [-0.2, -0.15) is 0 Å². The summed E-state index contributed by atoms with van der Waals surface area (Å²) in [5.74, 6) is -0.302. The summed E-state index contributed by atoms with van der Waals surface area (Å²) < 4.78 is 6.89. The first kappa shape index (κ1) is 13.9. The van der Waals surface area contributed by atoms with Gasteiger partial charge in [0.2, 0.25) is 0 Å². The summed E-state index contributed by atoms with van der Waals surface area (Å²) in [7, 11) is 1.39. The first-order valence-electron chi connectivity index (χ1n) is 7.29. The fraction of sp³-hybridized carbons (Fsp3) is 0.353. The van der Waals surface area contributed by atoms with Crippen molar-refractivity contribution in [1.82, 2.24) is 4.57 Å². The van der Waals surface area contributed by atoms with Crippen molar-refractivity contribution in [3.05, 3.63) is 58.9 Å². The minimum Gasteiger partial charge on any atom is -0.465 e. The maximum Gasteiger partial charge on any atom is 0.337 e. The van der Waals surface area contributed by atoms with E-state index in [1.165, 1.54) is 24.7 Å². The first-order chi connectivity index (χ1) is 10.2. The Morgan fingerprint density at radius 3 is 2.76 bits per heavy atom. The zero-order valence-electron chi connectivity index (χ0n) is 12.2. The summed E-state index contributed by atoms with van der Waals surface area (Å²) in [5.41, 5.74) is 10.6. The molecule has 0 saturated heterocycles. The molecule has 110 valence electrons. The van der Waals surface area contributed by atoms with E-state index in [-0.39, 0.29) is 12.0 Å². The maximum atomic E-state index is 11.4. The fourth-order valence-corrected chi connectivity index (χ4v) is 2.95. The van der Waals surface area contributed by atoms with Crippen LogP contribution >= 0.6 is 0 Å². The molecule has 1 aliphatic carbocycles. The summed E-state index contributed by atoms with van der Waals surface area (Å²) in [6.07, 6.45) is 7.73. The number of nitrogens with zero attached hydrogens (tertiary/aromatic N) is 1. The standard InChI is InChI=1S/C17H20N2O2/c1-21-17(20)13-7-5-12(6-8-13)9-19-10-14-3-2-4-16(18)15(14)11-19/h5-8,10-11,16H,2-4,9,18H2,1H3. The van der Waals surface area contributed by atoms with Gasteiger partial charge in [-0.1, -0.05) is 12.1 Å². The van der Waals surface area contributed by atoms with Gasteiger partial charge in [-0.25, -0.2) is 4.79 Å². The number of carbonyl (C=O) groups excluding carboxylic acids is 1. The van der Waals surface area contributed by atoms with Gasteiger partial charge in [0, 0.05) is 25.0 Å². The van der Waals surface area contributed by atoms with Gasteiger partial charge in [0.15, 0.2) is 0 Å². The van der Waals surface area contributed by atoms with Gasteiger partial charge in [0.1, 0.15) is 0 Å². The van der Waals surface area contributed by atoms with Crippen LogP contribution in [0.1, 0.15) is 45.9 Å². The SMILES string of the molecule is COC(=O)c1ccc(Cn2cc3c(c2)C(N)CCC3)cc1. The quantitative estimate of drug-likeness (QED) is 0.882. The Morgan fingerprint density at radius 2 is 2.10 bits per heavy atom. The summed E-state index contributed by atoms with van der Waals surface area (Å²) >= 11 is 0. The number of hydrogen-bond acceptors (Lipinski definition) is 3. The zero-order valence-corrected chi connectivity index (χ0v) is 12.2. The van der Waals surface area contributed by atoms with Crippen molar-refractivity contribution in [2.45, 2.75) is 31.8 Å². The molecule has 1 aromatic carbocycles. The highest BCUT2D eigenvalue weighted by molar-refractivity contribution is 5.89. The third-order valence-corrected chi connectivity index (χ3v) is 4.10. The lowest BCUT2D eigenvalue weighted by Crippen LogP contribution is -2.15. The molecule has 1 aliphatic rings. The van der Waals surface area contributed by atoms with Gasteiger partial charge in [0.05, 0.1) is 12.7 Å². The molecule has 0 aliphatic heterocycles. The number of fused-ring (bicyclic) bond motifs is 1. The van der Waals surface area contributed by atoms with E-state index in [1.54, 1.807) is 12.1 Å². The fourth-order valence-electron chi connectivity index (χ4n) is 2.95. The van der Waals surface area contributed by atoms with E-state index in [2.05, 4.69) is 17.0 Å². The van der Waals surface area contributed by atoms with E-state index in [0.29, 0.717) is 5.56 Å². The van der Waals surface area contributed by atoms with Crippen LogP contribution in [-0.4, -0.2) is 17.6 Å². The molecule has 3 rings (SSSR count). The van der Waals surface area contributed by atoms with Crippen LogP contribution < -0.4 is 5.73 Å². The minimum absolute atomic E-state index is 0.178. The highest BCUT2D eigenvalue weighted by Crippen LogP contribution is 2.28. The molecule has 0 radical (unpaired) electrons. The molecule has 21 heavy (non-hydrogen) atoms. The zero-order chi connectivity index (χ0) is 14.8. The predicted octanol–water partition coefficient (Wildman–Crippen LogP) is 2.66. The highest BCUT2D eigenvalue weighted by Gasteiger charge is 2.18. The number of aryl methyl sites for hydroxylation is 1. The first-order valence-corrected chi connectivity index (χ1v) is 7.29. The van der Waals surface area contributed by atoms with Crippen LogP contribution in [0.25, 0.3) is 0 Å². The largest absolute Gasteiger partial charge is 0.465 e. The molecular formula is C17H20N2O2. The Kier molecular flexibility index (Phi) is 3.80. The second-order valence-corrected chi connectivity index (χ2v) is 5.60. The van der Waals surface area contributed by atoms with Crippen LogP contribution in [0.5, 0.6) is 0 Å². The molecule has 4 nitrogen and oxygen atoms in total. The number of ether oxygens (including phenoxy) is 1. The van der Waals surface area contributed by atoms with Crippen LogP contribution in [0.3, 0.4) is 0 Å². The second kappa shape index (κ2) is 5.74. The van der Waals surface area contributed by atoms with Gasteiger partial charge in [-0.15, -0.1) is 0 Å². The molecule has 1 atom stereocenters. The lowest BCUT2D eigenvalue weighted by atomic mass is 9.92. The lowest BCUT2D eigenvalue weighted by molar-refractivity contribution is 0.0600. The van der Waals surface area contributed by atoms with Crippen molar-refractivity contribution in [3.63, 3.8) is 0 Å². The Labute approximate surface area is 124 Å². The van der Waals surface area contributed by atoms with E-state index >= 15 is 0 Å². The number of rotatable bonds is 3. The third kappa shape index (κ3) is 2.85. The van der Waals surface area contributed by atoms with Gasteiger partial charge in [0.25, 0.3) is 0 Å². The van der Waals surface area contributed by atoms with Gasteiger partial charge >= 0.3 is 5.97 Å². The molecule has 0 amide bonds.